The van der Waals surface area contributed by atoms with Gasteiger partial charge in [0.2, 0.25) is 10.0 Å². The van der Waals surface area contributed by atoms with Crippen LogP contribution >= 0.6 is 23.4 Å². The van der Waals surface area contributed by atoms with Crippen molar-refractivity contribution < 1.29 is 17.9 Å². The SMILES string of the molecule is O=C(c1ccc(Cl)c(S(=O)(=O)N2CCOCC2)c1)N1CCSc2ccccc21. The molecule has 0 unspecified atom stereocenters. The molecule has 148 valence electrons. The molecule has 0 N–H and O–H groups in total. The molecule has 1 saturated heterocycles. The number of sulfonamides is 1. The third-order valence-corrected chi connectivity index (χ3v) is 8.16. The molecule has 0 bridgehead atoms. The first-order valence-corrected chi connectivity index (χ1v) is 11.7. The molecule has 2 heterocycles. The Morgan fingerprint density at radius 3 is 2.61 bits per heavy atom. The topological polar surface area (TPSA) is 66.9 Å². The van der Waals surface area contributed by atoms with Gasteiger partial charge in [0.15, 0.2) is 0 Å². The van der Waals surface area contributed by atoms with E-state index >= 15 is 0 Å². The first-order chi connectivity index (χ1) is 13.5. The van der Waals surface area contributed by atoms with E-state index in [2.05, 4.69) is 0 Å². The summed E-state index contributed by atoms with van der Waals surface area (Å²) in [6, 6.07) is 12.2. The van der Waals surface area contributed by atoms with Gasteiger partial charge < -0.3 is 9.64 Å². The van der Waals surface area contributed by atoms with E-state index in [1.807, 2.05) is 24.3 Å². The number of carbonyl (C=O) groups excluding carboxylic acids is 1. The van der Waals surface area contributed by atoms with Gasteiger partial charge in [-0.2, -0.15) is 4.31 Å². The number of thioether (sulfide) groups is 1. The van der Waals surface area contributed by atoms with Crippen LogP contribution in [0.1, 0.15) is 10.4 Å². The highest BCUT2D eigenvalue weighted by Gasteiger charge is 2.30. The number of morpholine rings is 1. The molecule has 9 heteroatoms. The largest absolute Gasteiger partial charge is 0.379 e. The van der Waals surface area contributed by atoms with Gasteiger partial charge in [-0.15, -0.1) is 11.8 Å². The van der Waals surface area contributed by atoms with Crippen LogP contribution in [0.4, 0.5) is 5.69 Å². The predicted molar refractivity (Wildman–Crippen MR) is 110 cm³/mol. The van der Waals surface area contributed by atoms with Crippen molar-refractivity contribution in [2.75, 3.05) is 43.5 Å². The Kier molecular flexibility index (Phi) is 5.66. The second-order valence-corrected chi connectivity index (χ2v) is 9.88. The second-order valence-electron chi connectivity index (χ2n) is 6.43. The number of amides is 1. The van der Waals surface area contributed by atoms with Crippen molar-refractivity contribution >= 4 is 45.0 Å². The fourth-order valence-corrected chi connectivity index (χ4v) is 6.20. The lowest BCUT2D eigenvalue weighted by molar-refractivity contribution is 0.0730. The summed E-state index contributed by atoms with van der Waals surface area (Å²) in [7, 11) is -3.79. The minimum Gasteiger partial charge on any atom is -0.379 e. The summed E-state index contributed by atoms with van der Waals surface area (Å²) in [5.74, 6) is 0.554. The molecule has 0 atom stereocenters. The molecule has 0 aliphatic carbocycles. The van der Waals surface area contributed by atoms with E-state index in [-0.39, 0.29) is 28.9 Å². The van der Waals surface area contributed by atoms with Crippen LogP contribution in [-0.2, 0) is 14.8 Å². The van der Waals surface area contributed by atoms with E-state index < -0.39 is 10.0 Å². The molecule has 2 aliphatic rings. The smallest absolute Gasteiger partial charge is 0.258 e. The molecular formula is C19H19ClN2O4S2. The quantitative estimate of drug-likeness (QED) is 0.736. The number of hydrogen-bond donors (Lipinski definition) is 0. The summed E-state index contributed by atoms with van der Waals surface area (Å²) in [6.45, 7) is 1.80. The molecule has 2 aromatic rings. The monoisotopic (exact) mass is 438 g/mol. The average molecular weight is 439 g/mol. The van der Waals surface area contributed by atoms with Crippen molar-refractivity contribution in [2.24, 2.45) is 0 Å². The third-order valence-electron chi connectivity index (χ3n) is 4.74. The Hall–Kier alpha value is -1.58. The summed E-state index contributed by atoms with van der Waals surface area (Å²) in [5, 5.41) is 0.109. The fraction of sp³-hybridized carbons (Fsp3) is 0.316. The summed E-state index contributed by atoms with van der Waals surface area (Å²) in [4.78, 5) is 15.9. The number of para-hydroxylation sites is 1. The zero-order valence-electron chi connectivity index (χ0n) is 15.0. The molecule has 2 aliphatic heterocycles. The third kappa shape index (κ3) is 3.67. The number of benzene rings is 2. The number of carbonyl (C=O) groups is 1. The molecule has 6 nitrogen and oxygen atoms in total. The van der Waals surface area contributed by atoms with Crippen LogP contribution in [0, 0.1) is 0 Å². The van der Waals surface area contributed by atoms with Gasteiger partial charge in [-0.05, 0) is 30.3 Å². The van der Waals surface area contributed by atoms with E-state index in [0.717, 1.165) is 16.3 Å². The van der Waals surface area contributed by atoms with Crippen LogP contribution in [0.5, 0.6) is 0 Å². The highest BCUT2D eigenvalue weighted by atomic mass is 35.5. The first kappa shape index (κ1) is 19.7. The van der Waals surface area contributed by atoms with Crippen LogP contribution in [0.15, 0.2) is 52.3 Å². The van der Waals surface area contributed by atoms with E-state index in [0.29, 0.717) is 25.3 Å². The highest BCUT2D eigenvalue weighted by molar-refractivity contribution is 7.99. The van der Waals surface area contributed by atoms with Crippen LogP contribution in [0.25, 0.3) is 0 Å². The standard InChI is InChI=1S/C19H19ClN2O4S2/c20-15-6-5-14(13-18(15)28(24,25)21-7-10-26-11-8-21)19(23)22-9-12-27-17-4-2-1-3-16(17)22/h1-6,13H,7-12H2. The van der Waals surface area contributed by atoms with Crippen molar-refractivity contribution in [2.45, 2.75) is 9.79 Å². The van der Waals surface area contributed by atoms with Crippen molar-refractivity contribution in [3.05, 3.63) is 53.1 Å². The van der Waals surface area contributed by atoms with Crippen LogP contribution in [-0.4, -0.2) is 57.2 Å². The summed E-state index contributed by atoms with van der Waals surface area (Å²) >= 11 is 7.91. The molecular weight excluding hydrogens is 420 g/mol. The van der Waals surface area contributed by atoms with Gasteiger partial charge in [0.1, 0.15) is 4.90 Å². The Bertz CT molecular complexity index is 1010. The van der Waals surface area contributed by atoms with Gasteiger partial charge in [0, 0.05) is 35.8 Å². The first-order valence-electron chi connectivity index (χ1n) is 8.89. The molecule has 1 amide bonds. The number of anilines is 1. The van der Waals surface area contributed by atoms with E-state index in [1.165, 1.54) is 16.4 Å². The van der Waals surface area contributed by atoms with E-state index in [9.17, 15) is 13.2 Å². The zero-order valence-corrected chi connectivity index (χ0v) is 17.4. The number of fused-ring (bicyclic) bond motifs is 1. The van der Waals surface area contributed by atoms with E-state index in [4.69, 9.17) is 16.3 Å². The van der Waals surface area contributed by atoms with Gasteiger partial charge in [-0.1, -0.05) is 23.7 Å². The molecule has 28 heavy (non-hydrogen) atoms. The molecule has 2 aromatic carbocycles. The van der Waals surface area contributed by atoms with Gasteiger partial charge in [-0.25, -0.2) is 8.42 Å². The van der Waals surface area contributed by atoms with E-state index in [1.54, 1.807) is 22.7 Å². The van der Waals surface area contributed by atoms with Crippen molar-refractivity contribution in [1.82, 2.24) is 4.31 Å². The normalized spacial score (nSPS) is 18.0. The number of nitrogens with zero attached hydrogens (tertiary/aromatic N) is 2. The highest BCUT2D eigenvalue weighted by Crippen LogP contribution is 2.35. The number of halogens is 1. The maximum atomic E-state index is 13.2. The zero-order chi connectivity index (χ0) is 19.7. The Labute approximate surface area is 173 Å². The Balaban J connectivity index is 1.69. The molecule has 0 saturated carbocycles. The molecule has 0 aromatic heterocycles. The summed E-state index contributed by atoms with van der Waals surface area (Å²) in [5.41, 5.74) is 1.15. The van der Waals surface area contributed by atoms with Gasteiger partial charge in [-0.3, -0.25) is 4.79 Å². The summed E-state index contributed by atoms with van der Waals surface area (Å²) in [6.07, 6.45) is 0. The lowest BCUT2D eigenvalue weighted by Gasteiger charge is -2.29. The fourth-order valence-electron chi connectivity index (χ4n) is 3.30. The second kappa shape index (κ2) is 8.04. The number of ether oxygens (including phenoxy) is 1. The minimum atomic E-state index is -3.79. The predicted octanol–water partition coefficient (Wildman–Crippen LogP) is 3.11. The van der Waals surface area contributed by atoms with Gasteiger partial charge in [0.05, 0.1) is 23.9 Å². The lowest BCUT2D eigenvalue weighted by Crippen LogP contribution is -2.41. The molecule has 0 spiro atoms. The van der Waals surface area contributed by atoms with Crippen LogP contribution < -0.4 is 4.90 Å². The van der Waals surface area contributed by atoms with Crippen LogP contribution in [0.2, 0.25) is 5.02 Å². The Morgan fingerprint density at radius 1 is 1.07 bits per heavy atom. The van der Waals surface area contributed by atoms with Crippen molar-refractivity contribution in [1.29, 1.82) is 0 Å². The van der Waals surface area contributed by atoms with Gasteiger partial charge >= 0.3 is 0 Å². The molecule has 1 fully saturated rings. The van der Waals surface area contributed by atoms with Crippen molar-refractivity contribution in [3.8, 4) is 0 Å². The maximum Gasteiger partial charge on any atom is 0.258 e. The van der Waals surface area contributed by atoms with Gasteiger partial charge in [0.25, 0.3) is 5.91 Å². The van der Waals surface area contributed by atoms with Crippen molar-refractivity contribution in [3.63, 3.8) is 0 Å². The molecule has 4 rings (SSSR count). The summed E-state index contributed by atoms with van der Waals surface area (Å²) < 4.78 is 32.6. The number of rotatable bonds is 3. The molecule has 0 radical (unpaired) electrons. The maximum absolute atomic E-state index is 13.2. The lowest BCUT2D eigenvalue weighted by atomic mass is 10.1. The Morgan fingerprint density at radius 2 is 1.82 bits per heavy atom. The average Bonchev–Trinajstić information content (AvgIpc) is 2.73. The minimum absolute atomic E-state index is 0.0402. The number of hydrogen-bond acceptors (Lipinski definition) is 5. The van der Waals surface area contributed by atoms with Crippen LogP contribution in [0.3, 0.4) is 0 Å².